The summed E-state index contributed by atoms with van der Waals surface area (Å²) >= 11 is 1.63. The molecule has 0 saturated carbocycles. The second-order valence-electron chi connectivity index (χ2n) is 3.83. The van der Waals surface area contributed by atoms with Gasteiger partial charge in [0.2, 0.25) is 0 Å². The molecule has 96 valence electrons. The van der Waals surface area contributed by atoms with Gasteiger partial charge in [0, 0.05) is 17.8 Å². The smallest absolute Gasteiger partial charge is 0.387 e. The quantitative estimate of drug-likeness (QED) is 0.861. The van der Waals surface area contributed by atoms with Crippen LogP contribution in [0.15, 0.2) is 41.1 Å². The Morgan fingerprint density at radius 3 is 2.78 bits per heavy atom. The predicted octanol–water partition coefficient (Wildman–Crippen LogP) is 4.52. The van der Waals surface area contributed by atoms with Gasteiger partial charge < -0.3 is 10.1 Å². The van der Waals surface area contributed by atoms with Gasteiger partial charge in [-0.1, -0.05) is 6.07 Å². The maximum atomic E-state index is 12.1. The van der Waals surface area contributed by atoms with E-state index in [9.17, 15) is 8.78 Å². The number of halogens is 2. The first-order chi connectivity index (χ1) is 8.65. The first-order valence-electron chi connectivity index (χ1n) is 5.48. The van der Waals surface area contributed by atoms with Crippen LogP contribution in [0, 0.1) is 0 Å². The highest BCUT2D eigenvalue weighted by Crippen LogP contribution is 2.24. The monoisotopic (exact) mass is 269 g/mol. The molecule has 1 N–H and O–H groups in total. The van der Waals surface area contributed by atoms with Crippen LogP contribution >= 0.6 is 11.3 Å². The largest absolute Gasteiger partial charge is 0.435 e. The van der Waals surface area contributed by atoms with Crippen molar-refractivity contribution < 1.29 is 13.5 Å². The zero-order chi connectivity index (χ0) is 13.0. The highest BCUT2D eigenvalue weighted by Gasteiger charge is 2.08. The van der Waals surface area contributed by atoms with Crippen molar-refractivity contribution in [3.8, 4) is 5.75 Å². The molecule has 0 bridgehead atoms. The molecule has 0 aliphatic rings. The first kappa shape index (κ1) is 12.8. The standard InChI is InChI=1S/C13H13F2NOS/c1-9(10-5-6-18-8-10)16-11-3-2-4-12(7-11)17-13(14)15/h2-9,13,16H,1H3. The van der Waals surface area contributed by atoms with Gasteiger partial charge in [-0.25, -0.2) is 0 Å². The molecule has 5 heteroatoms. The van der Waals surface area contributed by atoms with Gasteiger partial charge >= 0.3 is 6.61 Å². The lowest BCUT2D eigenvalue weighted by Crippen LogP contribution is -2.06. The van der Waals surface area contributed by atoms with E-state index in [0.717, 1.165) is 5.69 Å². The van der Waals surface area contributed by atoms with Gasteiger partial charge in [-0.3, -0.25) is 0 Å². The van der Waals surface area contributed by atoms with E-state index in [1.165, 1.54) is 11.6 Å². The van der Waals surface area contributed by atoms with Crippen LogP contribution in [0.3, 0.4) is 0 Å². The molecule has 1 heterocycles. The van der Waals surface area contributed by atoms with Crippen LogP contribution in [-0.4, -0.2) is 6.61 Å². The van der Waals surface area contributed by atoms with E-state index in [-0.39, 0.29) is 11.8 Å². The third-order valence-corrected chi connectivity index (χ3v) is 3.19. The number of nitrogens with one attached hydrogen (secondary N) is 1. The van der Waals surface area contributed by atoms with Crippen molar-refractivity contribution in [2.45, 2.75) is 19.6 Å². The van der Waals surface area contributed by atoms with E-state index in [4.69, 9.17) is 0 Å². The molecule has 18 heavy (non-hydrogen) atoms. The fraction of sp³-hybridized carbons (Fsp3) is 0.231. The molecule has 0 aliphatic heterocycles. The van der Waals surface area contributed by atoms with E-state index in [1.54, 1.807) is 23.5 Å². The Labute approximate surface area is 108 Å². The topological polar surface area (TPSA) is 21.3 Å². The molecule has 0 spiro atoms. The van der Waals surface area contributed by atoms with Gasteiger partial charge in [0.05, 0.1) is 0 Å². The third-order valence-electron chi connectivity index (χ3n) is 2.49. The van der Waals surface area contributed by atoms with Crippen molar-refractivity contribution >= 4 is 17.0 Å². The molecule has 0 fully saturated rings. The minimum Gasteiger partial charge on any atom is -0.435 e. The molecule has 0 aliphatic carbocycles. The second kappa shape index (κ2) is 5.82. The van der Waals surface area contributed by atoms with Crippen molar-refractivity contribution in [3.63, 3.8) is 0 Å². The number of hydrogen-bond acceptors (Lipinski definition) is 3. The highest BCUT2D eigenvalue weighted by atomic mass is 32.1. The van der Waals surface area contributed by atoms with Crippen LogP contribution in [0.25, 0.3) is 0 Å². The number of hydrogen-bond donors (Lipinski definition) is 1. The van der Waals surface area contributed by atoms with Crippen molar-refractivity contribution in [2.75, 3.05) is 5.32 Å². The molecule has 0 amide bonds. The van der Waals surface area contributed by atoms with E-state index in [2.05, 4.69) is 15.4 Å². The molecule has 0 radical (unpaired) electrons. The van der Waals surface area contributed by atoms with Crippen LogP contribution in [0.2, 0.25) is 0 Å². The summed E-state index contributed by atoms with van der Waals surface area (Å²) in [5.74, 6) is 0.160. The van der Waals surface area contributed by atoms with Crippen LogP contribution in [-0.2, 0) is 0 Å². The lowest BCUT2D eigenvalue weighted by molar-refractivity contribution is -0.0498. The zero-order valence-corrected chi connectivity index (χ0v) is 10.6. The fourth-order valence-electron chi connectivity index (χ4n) is 1.62. The summed E-state index contributed by atoms with van der Waals surface area (Å²) in [7, 11) is 0. The normalized spacial score (nSPS) is 12.4. The average Bonchev–Trinajstić information content (AvgIpc) is 2.81. The zero-order valence-electron chi connectivity index (χ0n) is 9.77. The number of thiophene rings is 1. The van der Waals surface area contributed by atoms with E-state index >= 15 is 0 Å². The summed E-state index contributed by atoms with van der Waals surface area (Å²) in [5, 5.41) is 7.30. The van der Waals surface area contributed by atoms with Crippen molar-refractivity contribution in [1.82, 2.24) is 0 Å². The Morgan fingerprint density at radius 1 is 1.28 bits per heavy atom. The van der Waals surface area contributed by atoms with Gasteiger partial charge in [0.15, 0.2) is 0 Å². The van der Waals surface area contributed by atoms with Crippen molar-refractivity contribution in [1.29, 1.82) is 0 Å². The highest BCUT2D eigenvalue weighted by molar-refractivity contribution is 7.07. The summed E-state index contributed by atoms with van der Waals surface area (Å²) in [5.41, 5.74) is 1.92. The van der Waals surface area contributed by atoms with Gasteiger partial charge in [0.25, 0.3) is 0 Å². The minimum absolute atomic E-state index is 0.123. The van der Waals surface area contributed by atoms with Crippen LogP contribution in [0.5, 0.6) is 5.75 Å². The molecule has 2 nitrogen and oxygen atoms in total. The van der Waals surface area contributed by atoms with E-state index in [0.29, 0.717) is 0 Å². The second-order valence-corrected chi connectivity index (χ2v) is 4.61. The summed E-state index contributed by atoms with van der Waals surface area (Å²) in [6, 6.07) is 8.73. The molecule has 1 aromatic carbocycles. The fourth-order valence-corrected chi connectivity index (χ4v) is 2.37. The number of rotatable bonds is 5. The molecule has 1 aromatic heterocycles. The molecule has 0 saturated heterocycles. The predicted molar refractivity (Wildman–Crippen MR) is 69.4 cm³/mol. The maximum absolute atomic E-state index is 12.1. The Balaban J connectivity index is 2.05. The summed E-state index contributed by atoms with van der Waals surface area (Å²) < 4.78 is 28.5. The van der Waals surface area contributed by atoms with Crippen molar-refractivity contribution in [3.05, 3.63) is 46.7 Å². The molecular formula is C13H13F2NOS. The Hall–Kier alpha value is -1.62. The third kappa shape index (κ3) is 3.43. The maximum Gasteiger partial charge on any atom is 0.387 e. The number of ether oxygens (including phenoxy) is 1. The average molecular weight is 269 g/mol. The Bertz CT molecular complexity index is 487. The van der Waals surface area contributed by atoms with E-state index in [1.807, 2.05) is 24.4 Å². The number of benzene rings is 1. The van der Waals surface area contributed by atoms with Crippen LogP contribution in [0.4, 0.5) is 14.5 Å². The Morgan fingerprint density at radius 2 is 2.11 bits per heavy atom. The minimum atomic E-state index is -2.80. The first-order valence-corrected chi connectivity index (χ1v) is 6.43. The Kier molecular flexibility index (Phi) is 4.15. The summed E-state index contributed by atoms with van der Waals surface area (Å²) in [6.07, 6.45) is 0. The molecule has 1 unspecified atom stereocenters. The van der Waals surface area contributed by atoms with Gasteiger partial charge in [-0.15, -0.1) is 0 Å². The summed E-state index contributed by atoms with van der Waals surface area (Å²) in [6.45, 7) is -0.780. The molecule has 2 rings (SSSR count). The lowest BCUT2D eigenvalue weighted by Gasteiger charge is -2.15. The summed E-state index contributed by atoms with van der Waals surface area (Å²) in [4.78, 5) is 0. The van der Waals surface area contributed by atoms with Gasteiger partial charge in [0.1, 0.15) is 5.75 Å². The molecule has 2 aromatic rings. The van der Waals surface area contributed by atoms with E-state index < -0.39 is 6.61 Å². The van der Waals surface area contributed by atoms with Gasteiger partial charge in [-0.2, -0.15) is 20.1 Å². The van der Waals surface area contributed by atoms with Crippen molar-refractivity contribution in [2.24, 2.45) is 0 Å². The van der Waals surface area contributed by atoms with Gasteiger partial charge in [-0.05, 0) is 41.4 Å². The van der Waals surface area contributed by atoms with Crippen LogP contribution in [0.1, 0.15) is 18.5 Å². The molecular weight excluding hydrogens is 256 g/mol. The van der Waals surface area contributed by atoms with Crippen LogP contribution < -0.4 is 10.1 Å². The number of alkyl halides is 2. The SMILES string of the molecule is CC(Nc1cccc(OC(F)F)c1)c1ccsc1. The lowest BCUT2D eigenvalue weighted by atomic mass is 10.1. The number of anilines is 1. The molecule has 1 atom stereocenters.